The van der Waals surface area contributed by atoms with Crippen molar-refractivity contribution < 1.29 is 80.2 Å². The van der Waals surface area contributed by atoms with Crippen LogP contribution in [0.15, 0.2) is 0 Å². The molecule has 0 fully saturated rings. The van der Waals surface area contributed by atoms with Gasteiger partial charge in [0.05, 0.1) is 26.4 Å². The average Bonchev–Trinajstić information content (AvgIpc) is 1.47. The lowest BCUT2D eigenvalue weighted by Crippen LogP contribution is -2.30. The number of unbranched alkanes of at least 4 members (excludes halogenated alkanes) is 42. The quantitative estimate of drug-likeness (QED) is 0.0222. The number of aliphatic hydroxyl groups excluding tert-OH is 1. The summed E-state index contributed by atoms with van der Waals surface area (Å²) in [6, 6.07) is 0. The molecule has 0 aromatic heterocycles. The molecule has 0 aromatic carbocycles. The zero-order chi connectivity index (χ0) is 70.9. The summed E-state index contributed by atoms with van der Waals surface area (Å²) in [4.78, 5) is 72.9. The maximum absolute atomic E-state index is 13.1. The minimum Gasteiger partial charge on any atom is -0.462 e. The fourth-order valence-corrected chi connectivity index (χ4v) is 13.3. The Hall–Kier alpha value is -1.94. The monoisotopic (exact) mass is 1410 g/mol. The summed E-state index contributed by atoms with van der Waals surface area (Å²) in [7, 11) is -9.91. The van der Waals surface area contributed by atoms with E-state index < -0.39 is 97.5 Å². The Balaban J connectivity index is 5.24. The van der Waals surface area contributed by atoms with E-state index >= 15 is 0 Å². The molecule has 0 bridgehead atoms. The number of aliphatic hydroxyl groups is 1. The number of phosphoric acid groups is 2. The highest BCUT2D eigenvalue weighted by Gasteiger charge is 2.30. The first-order valence-electron chi connectivity index (χ1n) is 39.9. The van der Waals surface area contributed by atoms with Gasteiger partial charge in [-0.2, -0.15) is 0 Å². The van der Waals surface area contributed by atoms with Crippen LogP contribution < -0.4 is 0 Å². The Bertz CT molecular complexity index is 1870. The Morgan fingerprint density at radius 3 is 0.792 bits per heavy atom. The van der Waals surface area contributed by atoms with Crippen molar-refractivity contribution in [2.24, 2.45) is 17.8 Å². The lowest BCUT2D eigenvalue weighted by atomic mass is 9.99. The van der Waals surface area contributed by atoms with Gasteiger partial charge in [0, 0.05) is 25.7 Å². The van der Waals surface area contributed by atoms with Gasteiger partial charge in [0.25, 0.3) is 0 Å². The van der Waals surface area contributed by atoms with Crippen LogP contribution in [0.2, 0.25) is 0 Å². The predicted molar refractivity (Wildman–Crippen MR) is 391 cm³/mol. The van der Waals surface area contributed by atoms with Crippen LogP contribution in [0.4, 0.5) is 0 Å². The van der Waals surface area contributed by atoms with Gasteiger partial charge in [-0.05, 0) is 43.4 Å². The number of phosphoric ester groups is 2. The van der Waals surface area contributed by atoms with Crippen molar-refractivity contribution in [1.29, 1.82) is 0 Å². The summed E-state index contributed by atoms with van der Waals surface area (Å²) in [5.41, 5.74) is 0. The second-order valence-corrected chi connectivity index (χ2v) is 31.8. The molecule has 0 aliphatic rings. The number of hydrogen-bond acceptors (Lipinski definition) is 15. The number of ether oxygens (including phenoxy) is 4. The number of hydrogen-bond donors (Lipinski definition) is 3. The van der Waals surface area contributed by atoms with E-state index in [0.29, 0.717) is 25.7 Å². The first kappa shape index (κ1) is 94.1. The third-order valence-corrected chi connectivity index (χ3v) is 20.1. The predicted octanol–water partition coefficient (Wildman–Crippen LogP) is 22.6. The molecular weight excluding hydrogens is 1260 g/mol. The third-order valence-electron chi connectivity index (χ3n) is 18.2. The minimum atomic E-state index is -4.96. The van der Waals surface area contributed by atoms with Gasteiger partial charge in [0.1, 0.15) is 19.3 Å². The summed E-state index contributed by atoms with van der Waals surface area (Å²) < 4.78 is 68.6. The first-order valence-corrected chi connectivity index (χ1v) is 42.9. The Labute approximate surface area is 588 Å². The van der Waals surface area contributed by atoms with Crippen LogP contribution in [-0.4, -0.2) is 96.7 Å². The number of esters is 4. The summed E-state index contributed by atoms with van der Waals surface area (Å²) in [6.07, 6.45) is 54.0. The van der Waals surface area contributed by atoms with Crippen LogP contribution in [0.25, 0.3) is 0 Å². The van der Waals surface area contributed by atoms with E-state index in [4.69, 9.17) is 37.0 Å². The molecular formula is C77H150O17P2. The van der Waals surface area contributed by atoms with Gasteiger partial charge in [0.2, 0.25) is 0 Å². The van der Waals surface area contributed by atoms with Gasteiger partial charge in [0.15, 0.2) is 12.2 Å². The zero-order valence-electron chi connectivity index (χ0n) is 62.8. The molecule has 0 rings (SSSR count). The topological polar surface area (TPSA) is 237 Å². The van der Waals surface area contributed by atoms with Gasteiger partial charge in [-0.25, -0.2) is 9.13 Å². The largest absolute Gasteiger partial charge is 0.472 e. The van der Waals surface area contributed by atoms with Crippen molar-refractivity contribution in [2.75, 3.05) is 39.6 Å². The molecule has 0 spiro atoms. The van der Waals surface area contributed by atoms with Gasteiger partial charge < -0.3 is 33.8 Å². The highest BCUT2D eigenvalue weighted by atomic mass is 31.2. The van der Waals surface area contributed by atoms with Crippen molar-refractivity contribution in [3.8, 4) is 0 Å². The molecule has 6 atom stereocenters. The van der Waals surface area contributed by atoms with E-state index in [1.165, 1.54) is 205 Å². The molecule has 3 unspecified atom stereocenters. The van der Waals surface area contributed by atoms with Gasteiger partial charge in [-0.15, -0.1) is 0 Å². The Morgan fingerprint density at radius 1 is 0.302 bits per heavy atom. The van der Waals surface area contributed by atoms with Crippen molar-refractivity contribution >= 4 is 39.5 Å². The van der Waals surface area contributed by atoms with Crippen molar-refractivity contribution in [2.45, 2.75) is 414 Å². The van der Waals surface area contributed by atoms with Gasteiger partial charge in [-0.3, -0.25) is 37.3 Å². The SMILES string of the molecule is CCCCCCCCCCCCCC(=O)OC[C@H](COP(=O)(O)OC[C@H](O)COP(=O)(O)OC[C@@H](COC(=O)CCCCCCCCCCCCCC(C)C)OC(=O)CCCCCCCCCCCCCCCCCCC(C)C)OC(=O)CCCCCCCCCCC(C)CC. The molecule has 0 saturated heterocycles. The molecule has 19 heteroatoms. The molecule has 3 N–H and O–H groups in total. The Kier molecular flexibility index (Phi) is 66.2. The summed E-state index contributed by atoms with van der Waals surface area (Å²) in [5, 5.41) is 10.6. The van der Waals surface area contributed by atoms with Crippen molar-refractivity contribution in [3.05, 3.63) is 0 Å². The molecule has 96 heavy (non-hydrogen) atoms. The molecule has 0 radical (unpaired) electrons. The van der Waals surface area contributed by atoms with E-state index in [9.17, 15) is 43.2 Å². The number of carbonyl (C=O) groups excluding carboxylic acids is 4. The molecule has 0 aliphatic heterocycles. The summed E-state index contributed by atoms with van der Waals surface area (Å²) in [5.74, 6) is 0.233. The zero-order valence-corrected chi connectivity index (χ0v) is 64.6. The molecule has 0 aromatic rings. The van der Waals surface area contributed by atoms with Gasteiger partial charge >= 0.3 is 39.5 Å². The first-order chi connectivity index (χ1) is 46.3. The van der Waals surface area contributed by atoms with Crippen LogP contribution in [0, 0.1) is 17.8 Å². The van der Waals surface area contributed by atoms with Crippen LogP contribution in [0.5, 0.6) is 0 Å². The van der Waals surface area contributed by atoms with Crippen molar-refractivity contribution in [3.63, 3.8) is 0 Å². The van der Waals surface area contributed by atoms with E-state index in [2.05, 4.69) is 48.5 Å². The molecule has 0 aliphatic carbocycles. The van der Waals surface area contributed by atoms with E-state index in [1.807, 2.05) is 0 Å². The molecule has 17 nitrogen and oxygen atoms in total. The highest BCUT2D eigenvalue weighted by molar-refractivity contribution is 7.47. The molecule has 0 heterocycles. The minimum absolute atomic E-state index is 0.105. The van der Waals surface area contributed by atoms with Crippen molar-refractivity contribution in [1.82, 2.24) is 0 Å². The van der Waals surface area contributed by atoms with Gasteiger partial charge in [-0.1, -0.05) is 344 Å². The fourth-order valence-electron chi connectivity index (χ4n) is 11.7. The maximum Gasteiger partial charge on any atom is 0.472 e. The van der Waals surface area contributed by atoms with Crippen LogP contribution in [0.3, 0.4) is 0 Å². The maximum atomic E-state index is 13.1. The average molecular weight is 1410 g/mol. The lowest BCUT2D eigenvalue weighted by molar-refractivity contribution is -0.161. The lowest BCUT2D eigenvalue weighted by Gasteiger charge is -2.21. The third kappa shape index (κ3) is 69.2. The fraction of sp³-hybridized carbons (Fsp3) is 0.948. The summed E-state index contributed by atoms with van der Waals surface area (Å²) >= 11 is 0. The van der Waals surface area contributed by atoms with Crippen LogP contribution in [-0.2, 0) is 65.4 Å². The second kappa shape index (κ2) is 67.5. The number of rotatable bonds is 75. The standard InChI is InChI=1S/C77H150O17P2/c1-8-10-11-12-13-14-22-29-37-44-51-58-74(79)87-65-73(94-77(82)61-54-47-40-33-32-36-43-50-57-70(7)9-2)67-92-96(85,86)90-63-71(78)62-89-95(83,84)91-66-72(64-88-75(80)59-52-45-38-30-26-21-24-28-35-42-49-56-69(5)6)93-76(81)60-53-46-39-31-25-20-18-16-15-17-19-23-27-34-41-48-55-68(3)4/h68-73,78H,8-67H2,1-7H3,(H,83,84)(H,85,86)/t70?,71-,72-,73-/m1/s1. The Morgan fingerprint density at radius 2 is 0.531 bits per heavy atom. The second-order valence-electron chi connectivity index (χ2n) is 28.9. The number of carbonyl (C=O) groups is 4. The molecule has 0 amide bonds. The van der Waals surface area contributed by atoms with E-state index in [0.717, 1.165) is 108 Å². The normalized spacial score (nSPS) is 14.3. The highest BCUT2D eigenvalue weighted by Crippen LogP contribution is 2.45. The van der Waals surface area contributed by atoms with Crippen LogP contribution in [0.1, 0.15) is 395 Å². The van der Waals surface area contributed by atoms with Crippen LogP contribution >= 0.6 is 15.6 Å². The molecule has 0 saturated carbocycles. The van der Waals surface area contributed by atoms with E-state index in [-0.39, 0.29) is 25.7 Å². The smallest absolute Gasteiger partial charge is 0.462 e. The van der Waals surface area contributed by atoms with E-state index in [1.54, 1.807) is 0 Å². The summed E-state index contributed by atoms with van der Waals surface area (Å²) in [6.45, 7) is 11.9. The molecule has 570 valence electrons.